The Bertz CT molecular complexity index is 778. The van der Waals surface area contributed by atoms with E-state index in [4.69, 9.17) is 9.84 Å². The van der Waals surface area contributed by atoms with Gasteiger partial charge in [-0.1, -0.05) is 154 Å². The maximum absolute atomic E-state index is 12.7. The second-order valence-corrected chi connectivity index (χ2v) is 13.5. The third-order valence-electron chi connectivity index (χ3n) is 8.88. The molecule has 1 amide bonds. The molecule has 0 aliphatic rings. The molecule has 0 saturated carbocycles. The summed E-state index contributed by atoms with van der Waals surface area (Å²) >= 11 is 0. The van der Waals surface area contributed by atoms with Crippen LogP contribution >= 0.6 is 0 Å². The van der Waals surface area contributed by atoms with E-state index >= 15 is 0 Å². The quantitative estimate of drug-likeness (QED) is 0.0396. The van der Waals surface area contributed by atoms with Crippen molar-refractivity contribution in [2.75, 3.05) is 6.54 Å². The molecule has 1 unspecified atom stereocenters. The van der Waals surface area contributed by atoms with Gasteiger partial charge in [0, 0.05) is 12.8 Å². The number of esters is 1. The van der Waals surface area contributed by atoms with Gasteiger partial charge in [0.25, 0.3) is 0 Å². The van der Waals surface area contributed by atoms with Crippen molar-refractivity contribution < 1.29 is 24.2 Å². The first-order valence-corrected chi connectivity index (χ1v) is 20.0. The largest absolute Gasteiger partial charge is 0.480 e. The smallest absolute Gasteiger partial charge is 0.322 e. The summed E-state index contributed by atoms with van der Waals surface area (Å²) in [5.74, 6) is -1.25. The Hall–Kier alpha value is -2.11. The molecule has 1 atom stereocenters. The molecule has 0 aliphatic carbocycles. The molecule has 0 bridgehead atoms. The molecule has 0 rings (SSSR count). The molecule has 2 N–H and O–H groups in total. The van der Waals surface area contributed by atoms with Crippen LogP contribution in [0.2, 0.25) is 0 Å². The molecule has 0 radical (unpaired) electrons. The number of carbonyl (C=O) groups is 3. The fourth-order valence-corrected chi connectivity index (χ4v) is 5.90. The number of allylic oxidation sites excluding steroid dienone is 4. The molecule has 0 spiro atoms. The second-order valence-electron chi connectivity index (χ2n) is 13.5. The van der Waals surface area contributed by atoms with Gasteiger partial charge in [0.2, 0.25) is 5.91 Å². The molecule has 0 aromatic rings. The fourth-order valence-electron chi connectivity index (χ4n) is 5.90. The highest BCUT2D eigenvalue weighted by molar-refractivity contribution is 5.80. The van der Waals surface area contributed by atoms with Crippen LogP contribution < -0.4 is 5.32 Å². The Labute approximate surface area is 290 Å². The van der Waals surface area contributed by atoms with Crippen molar-refractivity contribution in [1.29, 1.82) is 0 Å². The monoisotopic (exact) mass is 662 g/mol. The van der Waals surface area contributed by atoms with E-state index < -0.39 is 5.97 Å². The molecule has 6 nitrogen and oxygen atoms in total. The van der Waals surface area contributed by atoms with Gasteiger partial charge < -0.3 is 15.2 Å². The maximum Gasteiger partial charge on any atom is 0.322 e. The van der Waals surface area contributed by atoms with Crippen LogP contribution in [0.25, 0.3) is 0 Å². The van der Waals surface area contributed by atoms with Crippen molar-refractivity contribution >= 4 is 17.8 Å². The van der Waals surface area contributed by atoms with Gasteiger partial charge in [-0.2, -0.15) is 0 Å². The number of rotatable bonds is 36. The minimum Gasteiger partial charge on any atom is -0.480 e. The predicted molar refractivity (Wildman–Crippen MR) is 199 cm³/mol. The van der Waals surface area contributed by atoms with Crippen LogP contribution in [0, 0.1) is 0 Å². The van der Waals surface area contributed by atoms with Crippen LogP contribution in [0.4, 0.5) is 0 Å². The van der Waals surface area contributed by atoms with Gasteiger partial charge in [0.05, 0.1) is 0 Å². The van der Waals surface area contributed by atoms with Crippen LogP contribution in [0.1, 0.15) is 206 Å². The Kier molecular flexibility index (Phi) is 35.1. The Morgan fingerprint density at radius 3 is 1.55 bits per heavy atom. The van der Waals surface area contributed by atoms with Gasteiger partial charge in [-0.15, -0.1) is 0 Å². The average Bonchev–Trinajstić information content (AvgIpc) is 3.05. The van der Waals surface area contributed by atoms with Crippen molar-refractivity contribution in [3.05, 3.63) is 24.3 Å². The van der Waals surface area contributed by atoms with E-state index in [0.29, 0.717) is 12.8 Å². The molecule has 0 aromatic carbocycles. The molecular formula is C41H75NO5. The summed E-state index contributed by atoms with van der Waals surface area (Å²) in [7, 11) is 0. The van der Waals surface area contributed by atoms with Crippen LogP contribution in [0.5, 0.6) is 0 Å². The zero-order valence-electron chi connectivity index (χ0n) is 30.9. The number of nitrogens with one attached hydrogen (secondary N) is 1. The topological polar surface area (TPSA) is 92.7 Å². The first-order chi connectivity index (χ1) is 23.0. The summed E-state index contributed by atoms with van der Waals surface area (Å²) in [4.78, 5) is 34.9. The minimum absolute atomic E-state index is 0.0113. The first-order valence-electron chi connectivity index (χ1n) is 20.0. The normalized spacial score (nSPS) is 12.2. The maximum atomic E-state index is 12.7. The van der Waals surface area contributed by atoms with Gasteiger partial charge in [-0.3, -0.25) is 14.4 Å². The summed E-state index contributed by atoms with van der Waals surface area (Å²) in [6, 6.07) is 0. The molecule has 274 valence electrons. The van der Waals surface area contributed by atoms with Crippen LogP contribution in [-0.4, -0.2) is 35.6 Å². The number of amides is 1. The lowest BCUT2D eigenvalue weighted by molar-refractivity contribution is -0.150. The van der Waals surface area contributed by atoms with E-state index in [1.54, 1.807) is 0 Å². The number of ether oxygens (including phenoxy) is 1. The Balaban J connectivity index is 4.20. The minimum atomic E-state index is -1.02. The summed E-state index contributed by atoms with van der Waals surface area (Å²) in [5, 5.41) is 11.1. The first kappa shape index (κ1) is 44.9. The van der Waals surface area contributed by atoms with Gasteiger partial charge in [-0.05, 0) is 64.2 Å². The average molecular weight is 662 g/mol. The molecule has 0 aromatic heterocycles. The van der Waals surface area contributed by atoms with Crippen LogP contribution in [0.15, 0.2) is 24.3 Å². The molecule has 0 fully saturated rings. The number of carboxylic acids is 1. The van der Waals surface area contributed by atoms with E-state index in [0.717, 1.165) is 77.0 Å². The van der Waals surface area contributed by atoms with E-state index in [1.807, 2.05) is 0 Å². The van der Waals surface area contributed by atoms with Gasteiger partial charge in [0.15, 0.2) is 0 Å². The van der Waals surface area contributed by atoms with Crippen molar-refractivity contribution in [2.24, 2.45) is 0 Å². The standard InChI is InChI=1S/C41H75NO5/c1-3-5-7-9-11-13-15-16-17-19-21-23-28-32-36-41(46)47-38(33-29-25-22-20-18-14-12-10-8-6-4-2)34-30-26-24-27-31-35-39(43)42-37-40(44)45/h12,14,20,22,38H,3-11,13,15-19,21,23-37H2,1-2H3,(H,42,43)(H,44,45)/b14-12-,22-20-. The number of aliphatic carboxylic acids is 1. The van der Waals surface area contributed by atoms with E-state index in [2.05, 4.69) is 43.5 Å². The van der Waals surface area contributed by atoms with E-state index in [-0.39, 0.29) is 24.5 Å². The van der Waals surface area contributed by atoms with Crippen LogP contribution in [-0.2, 0) is 19.1 Å². The number of carbonyl (C=O) groups excluding carboxylic acids is 2. The summed E-state index contributed by atoms with van der Waals surface area (Å²) in [6.07, 6.45) is 42.9. The van der Waals surface area contributed by atoms with E-state index in [1.165, 1.54) is 103 Å². The van der Waals surface area contributed by atoms with Crippen LogP contribution in [0.3, 0.4) is 0 Å². The lowest BCUT2D eigenvalue weighted by Crippen LogP contribution is -2.28. The number of carboxylic acid groups (broad SMARTS) is 1. The number of unbranched alkanes of at least 4 members (excludes halogenated alkanes) is 21. The summed E-state index contributed by atoms with van der Waals surface area (Å²) < 4.78 is 5.99. The van der Waals surface area contributed by atoms with Gasteiger partial charge >= 0.3 is 11.9 Å². The van der Waals surface area contributed by atoms with E-state index in [9.17, 15) is 14.4 Å². The zero-order chi connectivity index (χ0) is 34.5. The summed E-state index contributed by atoms with van der Waals surface area (Å²) in [5.41, 5.74) is 0. The van der Waals surface area contributed by atoms with Crippen molar-refractivity contribution in [3.63, 3.8) is 0 Å². The molecule has 47 heavy (non-hydrogen) atoms. The van der Waals surface area contributed by atoms with Crippen molar-refractivity contribution in [2.45, 2.75) is 213 Å². The Morgan fingerprint density at radius 2 is 1.00 bits per heavy atom. The predicted octanol–water partition coefficient (Wildman–Crippen LogP) is 12.0. The molecule has 0 saturated heterocycles. The zero-order valence-corrected chi connectivity index (χ0v) is 30.9. The molecule has 6 heteroatoms. The van der Waals surface area contributed by atoms with Crippen molar-refractivity contribution in [1.82, 2.24) is 5.32 Å². The van der Waals surface area contributed by atoms with Gasteiger partial charge in [-0.25, -0.2) is 0 Å². The second kappa shape index (κ2) is 36.7. The lowest BCUT2D eigenvalue weighted by Gasteiger charge is -2.18. The number of hydrogen-bond donors (Lipinski definition) is 2. The third kappa shape index (κ3) is 36.6. The number of hydrogen-bond acceptors (Lipinski definition) is 4. The molecule has 0 heterocycles. The highest BCUT2D eigenvalue weighted by atomic mass is 16.5. The molecular weight excluding hydrogens is 586 g/mol. The highest BCUT2D eigenvalue weighted by Gasteiger charge is 2.14. The molecule has 0 aliphatic heterocycles. The van der Waals surface area contributed by atoms with Crippen molar-refractivity contribution in [3.8, 4) is 0 Å². The SMILES string of the molecule is CCCCC/C=C\C/C=C\CCCC(CCCCCCCC(=O)NCC(=O)O)OC(=O)CCCCCCCCCCCCCCCC. The Morgan fingerprint density at radius 1 is 0.553 bits per heavy atom. The summed E-state index contributed by atoms with van der Waals surface area (Å²) in [6.45, 7) is 4.19. The fraction of sp³-hybridized carbons (Fsp3) is 0.829. The highest BCUT2D eigenvalue weighted by Crippen LogP contribution is 2.18. The third-order valence-corrected chi connectivity index (χ3v) is 8.88. The lowest BCUT2D eigenvalue weighted by atomic mass is 10.0. The van der Waals surface area contributed by atoms with Gasteiger partial charge in [0.1, 0.15) is 12.6 Å².